The minimum Gasteiger partial charge on any atom is -0.364 e. The van der Waals surface area contributed by atoms with Crippen LogP contribution in [-0.4, -0.2) is 38.0 Å². The van der Waals surface area contributed by atoms with Crippen LogP contribution in [0.25, 0.3) is 0 Å². The molecule has 0 spiro atoms. The summed E-state index contributed by atoms with van der Waals surface area (Å²) in [5.74, 6) is 1.42. The Balaban J connectivity index is 2.07. The first-order valence-electron chi connectivity index (χ1n) is 6.01. The van der Waals surface area contributed by atoms with E-state index < -0.39 is 4.92 Å². The smallest absolute Gasteiger partial charge is 0.329 e. The fourth-order valence-electron chi connectivity index (χ4n) is 1.69. The Labute approximate surface area is 115 Å². The Bertz CT molecular complexity index is 611. The standard InChI is InChI=1S/C11H15N7O2/c1-12-11-15-7-8(18(19)20)10(16-11)14-4-3-9-13-5-6-17(9)2/h5-7H,3-4H2,1-2H3,(H2,12,14,15,16). The Hall–Kier alpha value is -2.71. The van der Waals surface area contributed by atoms with Gasteiger partial charge in [0.25, 0.3) is 0 Å². The highest BCUT2D eigenvalue weighted by atomic mass is 16.6. The van der Waals surface area contributed by atoms with Crippen molar-refractivity contribution in [3.63, 3.8) is 0 Å². The summed E-state index contributed by atoms with van der Waals surface area (Å²) in [6.45, 7) is 0.492. The Morgan fingerprint density at radius 3 is 2.85 bits per heavy atom. The zero-order chi connectivity index (χ0) is 14.5. The van der Waals surface area contributed by atoms with Gasteiger partial charge in [-0.15, -0.1) is 0 Å². The van der Waals surface area contributed by atoms with E-state index in [1.165, 1.54) is 6.20 Å². The molecule has 2 heterocycles. The monoisotopic (exact) mass is 277 g/mol. The molecule has 0 aliphatic heterocycles. The summed E-state index contributed by atoms with van der Waals surface area (Å²) in [5.41, 5.74) is -0.149. The van der Waals surface area contributed by atoms with Crippen LogP contribution in [0.5, 0.6) is 0 Å². The van der Waals surface area contributed by atoms with Gasteiger partial charge >= 0.3 is 5.69 Å². The Morgan fingerprint density at radius 2 is 2.25 bits per heavy atom. The summed E-state index contributed by atoms with van der Waals surface area (Å²) in [6.07, 6.45) is 5.38. The number of aromatic nitrogens is 4. The van der Waals surface area contributed by atoms with E-state index in [-0.39, 0.29) is 11.5 Å². The van der Waals surface area contributed by atoms with E-state index in [2.05, 4.69) is 25.6 Å². The summed E-state index contributed by atoms with van der Waals surface area (Å²) in [6, 6.07) is 0. The predicted molar refractivity (Wildman–Crippen MR) is 73.6 cm³/mol. The maximum absolute atomic E-state index is 10.9. The van der Waals surface area contributed by atoms with Gasteiger partial charge in [-0.1, -0.05) is 0 Å². The van der Waals surface area contributed by atoms with Crippen molar-refractivity contribution >= 4 is 17.5 Å². The molecule has 0 bridgehead atoms. The van der Waals surface area contributed by atoms with Crippen LogP contribution >= 0.6 is 0 Å². The molecule has 9 nitrogen and oxygen atoms in total. The molecule has 0 unspecified atom stereocenters. The lowest BCUT2D eigenvalue weighted by Crippen LogP contribution is -2.12. The van der Waals surface area contributed by atoms with Gasteiger partial charge in [0.2, 0.25) is 11.8 Å². The van der Waals surface area contributed by atoms with Gasteiger partial charge in [-0.25, -0.2) is 9.97 Å². The molecule has 0 aliphatic carbocycles. The van der Waals surface area contributed by atoms with Crippen LogP contribution in [-0.2, 0) is 13.5 Å². The molecule has 2 aromatic rings. The molecule has 2 rings (SSSR count). The first-order chi connectivity index (χ1) is 9.61. The first kappa shape index (κ1) is 13.7. The first-order valence-corrected chi connectivity index (χ1v) is 6.01. The Morgan fingerprint density at radius 1 is 1.45 bits per heavy atom. The third kappa shape index (κ3) is 2.99. The third-order valence-corrected chi connectivity index (χ3v) is 2.75. The van der Waals surface area contributed by atoms with E-state index in [4.69, 9.17) is 0 Å². The van der Waals surface area contributed by atoms with Crippen molar-refractivity contribution in [3.8, 4) is 0 Å². The number of aryl methyl sites for hydroxylation is 1. The minimum absolute atomic E-state index is 0.149. The highest BCUT2D eigenvalue weighted by Crippen LogP contribution is 2.21. The van der Waals surface area contributed by atoms with Crippen LogP contribution in [0.3, 0.4) is 0 Å². The predicted octanol–water partition coefficient (Wildman–Crippen LogP) is 0.815. The molecular formula is C11H15N7O2. The van der Waals surface area contributed by atoms with Crippen LogP contribution in [0, 0.1) is 10.1 Å². The van der Waals surface area contributed by atoms with Gasteiger partial charge in [-0.05, 0) is 0 Å². The second-order valence-corrected chi connectivity index (χ2v) is 4.07. The topological polar surface area (TPSA) is 111 Å². The maximum atomic E-state index is 10.9. The van der Waals surface area contributed by atoms with Crippen molar-refractivity contribution in [2.45, 2.75) is 6.42 Å². The van der Waals surface area contributed by atoms with Crippen LogP contribution in [0.4, 0.5) is 17.5 Å². The van der Waals surface area contributed by atoms with Gasteiger partial charge in [0.05, 0.1) is 4.92 Å². The van der Waals surface area contributed by atoms with E-state index in [0.717, 1.165) is 5.82 Å². The molecule has 106 valence electrons. The molecule has 0 fully saturated rings. The molecular weight excluding hydrogens is 262 g/mol. The normalized spacial score (nSPS) is 10.3. The SMILES string of the molecule is CNc1ncc([N+](=O)[O-])c(NCCc2nccn2C)n1. The number of nitrogens with one attached hydrogen (secondary N) is 2. The van der Waals surface area contributed by atoms with Gasteiger partial charge in [0, 0.05) is 39.5 Å². The molecule has 0 aliphatic rings. The fourth-order valence-corrected chi connectivity index (χ4v) is 1.69. The largest absolute Gasteiger partial charge is 0.364 e. The second kappa shape index (κ2) is 5.95. The number of imidazole rings is 1. The van der Waals surface area contributed by atoms with Crippen molar-refractivity contribution < 1.29 is 4.92 Å². The summed E-state index contributed by atoms with van der Waals surface area (Å²) < 4.78 is 1.90. The second-order valence-electron chi connectivity index (χ2n) is 4.07. The van der Waals surface area contributed by atoms with Gasteiger partial charge in [0.15, 0.2) is 0 Å². The molecule has 0 saturated carbocycles. The average molecular weight is 277 g/mol. The molecule has 0 aromatic carbocycles. The highest BCUT2D eigenvalue weighted by molar-refractivity contribution is 5.56. The summed E-state index contributed by atoms with van der Waals surface area (Å²) in [4.78, 5) is 22.5. The van der Waals surface area contributed by atoms with Gasteiger partial charge in [-0.2, -0.15) is 4.98 Å². The summed E-state index contributed by atoms with van der Waals surface area (Å²) >= 11 is 0. The van der Waals surface area contributed by atoms with E-state index in [9.17, 15) is 10.1 Å². The fraction of sp³-hybridized carbons (Fsp3) is 0.364. The van der Waals surface area contributed by atoms with Gasteiger partial charge in [0.1, 0.15) is 12.0 Å². The quantitative estimate of drug-likeness (QED) is 0.593. The van der Waals surface area contributed by atoms with Crippen molar-refractivity contribution in [1.82, 2.24) is 19.5 Å². The number of nitro groups is 1. The minimum atomic E-state index is -0.511. The number of anilines is 2. The zero-order valence-corrected chi connectivity index (χ0v) is 11.2. The lowest BCUT2D eigenvalue weighted by atomic mass is 10.4. The molecule has 0 atom stereocenters. The number of nitrogens with zero attached hydrogens (tertiary/aromatic N) is 5. The van der Waals surface area contributed by atoms with Crippen molar-refractivity contribution in [3.05, 3.63) is 34.5 Å². The van der Waals surface area contributed by atoms with Crippen LogP contribution in [0.15, 0.2) is 18.6 Å². The molecule has 0 radical (unpaired) electrons. The zero-order valence-electron chi connectivity index (χ0n) is 11.2. The van der Waals surface area contributed by atoms with Crippen molar-refractivity contribution in [1.29, 1.82) is 0 Å². The van der Waals surface area contributed by atoms with E-state index >= 15 is 0 Å². The molecule has 2 aromatic heterocycles. The number of rotatable bonds is 6. The van der Waals surface area contributed by atoms with Crippen LogP contribution in [0.1, 0.15) is 5.82 Å². The molecule has 0 saturated heterocycles. The van der Waals surface area contributed by atoms with Crippen LogP contribution in [0.2, 0.25) is 0 Å². The Kier molecular flexibility index (Phi) is 4.08. The van der Waals surface area contributed by atoms with Gasteiger partial charge < -0.3 is 15.2 Å². The number of hydrogen-bond acceptors (Lipinski definition) is 7. The maximum Gasteiger partial charge on any atom is 0.329 e. The molecule has 0 amide bonds. The van der Waals surface area contributed by atoms with E-state index in [0.29, 0.717) is 18.9 Å². The van der Waals surface area contributed by atoms with Crippen molar-refractivity contribution in [2.24, 2.45) is 7.05 Å². The average Bonchev–Trinajstić information content (AvgIpc) is 2.84. The summed E-state index contributed by atoms with van der Waals surface area (Å²) in [5, 5.41) is 16.6. The van der Waals surface area contributed by atoms with E-state index in [1.807, 2.05) is 17.8 Å². The highest BCUT2D eigenvalue weighted by Gasteiger charge is 2.16. The van der Waals surface area contributed by atoms with Crippen LogP contribution < -0.4 is 10.6 Å². The lowest BCUT2D eigenvalue weighted by molar-refractivity contribution is -0.384. The van der Waals surface area contributed by atoms with E-state index in [1.54, 1.807) is 13.2 Å². The number of hydrogen-bond donors (Lipinski definition) is 2. The molecule has 2 N–H and O–H groups in total. The third-order valence-electron chi connectivity index (χ3n) is 2.75. The van der Waals surface area contributed by atoms with Gasteiger partial charge in [-0.3, -0.25) is 10.1 Å². The van der Waals surface area contributed by atoms with Crippen molar-refractivity contribution in [2.75, 3.05) is 24.2 Å². The lowest BCUT2D eigenvalue weighted by Gasteiger charge is -2.07. The molecule has 20 heavy (non-hydrogen) atoms. The molecule has 9 heteroatoms. The summed E-state index contributed by atoms with van der Waals surface area (Å²) in [7, 11) is 3.55.